The second-order valence-electron chi connectivity index (χ2n) is 15.2. The van der Waals surface area contributed by atoms with Gasteiger partial charge in [0.05, 0.1) is 12.1 Å². The first-order chi connectivity index (χ1) is 29.4. The number of rotatable bonds is 11. The third-order valence-corrected chi connectivity index (χ3v) is 12.0. The van der Waals surface area contributed by atoms with Gasteiger partial charge in [0.1, 0.15) is 27.6 Å². The fraction of sp³-hybridized carbons (Fsp3) is 0.163. The van der Waals surface area contributed by atoms with Gasteiger partial charge in [-0.15, -0.1) is 23.1 Å². The molecule has 61 heavy (non-hydrogen) atoms. The van der Waals surface area contributed by atoms with E-state index in [-0.39, 0.29) is 18.1 Å². The van der Waals surface area contributed by atoms with E-state index in [1.54, 1.807) is 53.4 Å². The highest BCUT2D eigenvalue weighted by molar-refractivity contribution is 8.00. The number of hydrogen-bond acceptors (Lipinski definition) is 8. The predicted octanol–water partition coefficient (Wildman–Crippen LogP) is 10.5. The molecule has 5 aromatic carbocycles. The van der Waals surface area contributed by atoms with Gasteiger partial charge in [-0.3, -0.25) is 14.4 Å². The zero-order chi connectivity index (χ0) is 42.9. The second-order valence-corrected chi connectivity index (χ2v) is 17.5. The lowest BCUT2D eigenvalue weighted by molar-refractivity contribution is -0.116. The van der Waals surface area contributed by atoms with E-state index in [2.05, 4.69) is 22.0 Å². The van der Waals surface area contributed by atoms with Crippen molar-refractivity contribution in [2.24, 2.45) is 0 Å². The van der Waals surface area contributed by atoms with Crippen LogP contribution >= 0.6 is 23.1 Å². The SMILES string of the molecule is CC(C)(C)OC(=O)N1CCc2c(sc(NC(=O)C(Sc3cccc(NC(=O)/C(=C\c4ccc(-c5ccccc5)cc4)NC(=O)c4ccccc4)c3)c3ccccc3)c2C#N)C1. The number of nitriles is 1. The summed E-state index contributed by atoms with van der Waals surface area (Å²) in [6, 6.07) is 45.1. The van der Waals surface area contributed by atoms with Gasteiger partial charge in [0.2, 0.25) is 5.91 Å². The maximum absolute atomic E-state index is 14.2. The Balaban J connectivity index is 1.10. The lowest BCUT2D eigenvalue weighted by atomic mass is 10.0. The molecule has 7 rings (SSSR count). The summed E-state index contributed by atoms with van der Waals surface area (Å²) < 4.78 is 5.58. The number of nitrogens with one attached hydrogen (secondary N) is 3. The Morgan fingerprint density at radius 1 is 0.820 bits per heavy atom. The van der Waals surface area contributed by atoms with Crippen LogP contribution in [-0.2, 0) is 27.3 Å². The maximum atomic E-state index is 14.2. The van der Waals surface area contributed by atoms with Gasteiger partial charge in [0, 0.05) is 27.6 Å². The van der Waals surface area contributed by atoms with Crippen molar-refractivity contribution >= 4 is 63.7 Å². The largest absolute Gasteiger partial charge is 0.444 e. The molecule has 0 spiro atoms. The molecule has 1 unspecified atom stereocenters. The van der Waals surface area contributed by atoms with Crippen molar-refractivity contribution in [1.82, 2.24) is 10.2 Å². The molecule has 2 heterocycles. The average molecular weight is 846 g/mol. The molecule has 4 amide bonds. The number of ether oxygens (including phenoxy) is 1. The van der Waals surface area contributed by atoms with Gasteiger partial charge < -0.3 is 25.6 Å². The predicted molar refractivity (Wildman–Crippen MR) is 242 cm³/mol. The van der Waals surface area contributed by atoms with Crippen molar-refractivity contribution in [3.63, 3.8) is 0 Å². The van der Waals surface area contributed by atoms with Crippen molar-refractivity contribution in [2.45, 2.75) is 49.5 Å². The Bertz CT molecular complexity index is 2620. The van der Waals surface area contributed by atoms with Gasteiger partial charge in [-0.1, -0.05) is 109 Å². The molecule has 1 aliphatic heterocycles. The summed E-state index contributed by atoms with van der Waals surface area (Å²) in [6.45, 7) is 6.13. The lowest BCUT2D eigenvalue weighted by Crippen LogP contribution is -2.39. The standard InChI is InChI=1S/C49H43N5O5S2/c1-49(2,3)59-48(58)54-27-26-39-40(30-50)47(61-42(39)31-54)53-46(57)43(35-16-9-5-10-17-35)60-38-21-13-20-37(29-38)51-45(56)41(52-44(55)36-18-11-6-12-19-36)28-32-22-24-34(25-23-32)33-14-7-4-8-15-33/h4-25,28-29,43H,26-27,31H2,1-3H3,(H,51,56)(H,52,55)(H,53,57)/b41-28+. The number of nitrogens with zero attached hydrogens (tertiary/aromatic N) is 2. The molecule has 3 N–H and O–H groups in total. The first-order valence-corrected chi connectivity index (χ1v) is 21.3. The van der Waals surface area contributed by atoms with E-state index < -0.39 is 28.8 Å². The summed E-state index contributed by atoms with van der Waals surface area (Å²) in [5.74, 6) is -1.31. The molecule has 1 aliphatic rings. The van der Waals surface area contributed by atoms with Gasteiger partial charge in [-0.2, -0.15) is 5.26 Å². The van der Waals surface area contributed by atoms with E-state index in [9.17, 15) is 24.4 Å². The van der Waals surface area contributed by atoms with Crippen LogP contribution in [0.4, 0.5) is 15.5 Å². The van der Waals surface area contributed by atoms with E-state index in [0.717, 1.165) is 27.1 Å². The molecule has 0 bridgehead atoms. The molecule has 1 aromatic heterocycles. The molecule has 0 saturated heterocycles. The molecule has 6 aromatic rings. The van der Waals surface area contributed by atoms with Crippen LogP contribution in [0.25, 0.3) is 17.2 Å². The minimum atomic E-state index is -0.740. The molecule has 1 atom stereocenters. The fourth-order valence-electron chi connectivity index (χ4n) is 6.66. The second kappa shape index (κ2) is 19.0. The number of thiophene rings is 1. The first-order valence-electron chi connectivity index (χ1n) is 19.6. The third kappa shape index (κ3) is 10.8. The van der Waals surface area contributed by atoms with Gasteiger partial charge in [0.15, 0.2) is 0 Å². The molecule has 12 heteroatoms. The van der Waals surface area contributed by atoms with Gasteiger partial charge in [-0.05, 0) is 91.4 Å². The highest BCUT2D eigenvalue weighted by Gasteiger charge is 2.31. The highest BCUT2D eigenvalue weighted by atomic mass is 32.2. The number of amides is 4. The van der Waals surface area contributed by atoms with Crippen molar-refractivity contribution < 1.29 is 23.9 Å². The summed E-state index contributed by atoms with van der Waals surface area (Å²) in [7, 11) is 0. The highest BCUT2D eigenvalue weighted by Crippen LogP contribution is 2.41. The third-order valence-electron chi connectivity index (χ3n) is 9.60. The van der Waals surface area contributed by atoms with E-state index in [4.69, 9.17) is 4.74 Å². The molecule has 10 nitrogen and oxygen atoms in total. The van der Waals surface area contributed by atoms with Crippen molar-refractivity contribution in [2.75, 3.05) is 17.2 Å². The van der Waals surface area contributed by atoms with E-state index in [0.29, 0.717) is 45.2 Å². The number of anilines is 2. The van der Waals surface area contributed by atoms with Crippen LogP contribution in [-0.4, -0.2) is 40.9 Å². The topological polar surface area (TPSA) is 141 Å². The normalized spacial score (nSPS) is 13.0. The minimum Gasteiger partial charge on any atom is -0.444 e. The Morgan fingerprint density at radius 2 is 1.48 bits per heavy atom. The summed E-state index contributed by atoms with van der Waals surface area (Å²) >= 11 is 2.58. The Kier molecular flexibility index (Phi) is 13.1. The molecule has 306 valence electrons. The van der Waals surface area contributed by atoms with Crippen molar-refractivity contribution in [3.8, 4) is 17.2 Å². The van der Waals surface area contributed by atoms with Gasteiger partial charge in [-0.25, -0.2) is 4.79 Å². The summed E-state index contributed by atoms with van der Waals surface area (Å²) in [6.07, 6.45) is 1.67. The van der Waals surface area contributed by atoms with Crippen LogP contribution in [0, 0.1) is 11.3 Å². The van der Waals surface area contributed by atoms with Crippen LogP contribution in [0.2, 0.25) is 0 Å². The molecule has 0 saturated carbocycles. The number of hydrogen-bond donors (Lipinski definition) is 3. The smallest absolute Gasteiger partial charge is 0.410 e. The minimum absolute atomic E-state index is 0.0436. The molecular formula is C49H43N5O5S2. The number of carbonyl (C=O) groups is 4. The van der Waals surface area contributed by atoms with Crippen LogP contribution in [0.5, 0.6) is 0 Å². The van der Waals surface area contributed by atoms with Crippen LogP contribution < -0.4 is 16.0 Å². The van der Waals surface area contributed by atoms with Crippen LogP contribution in [0.3, 0.4) is 0 Å². The number of fused-ring (bicyclic) bond motifs is 1. The molecule has 0 aliphatic carbocycles. The van der Waals surface area contributed by atoms with E-state index in [1.807, 2.05) is 118 Å². The molecule has 0 radical (unpaired) electrons. The van der Waals surface area contributed by atoms with Crippen LogP contribution in [0.15, 0.2) is 150 Å². The Labute approximate surface area is 363 Å². The van der Waals surface area contributed by atoms with E-state index in [1.165, 1.54) is 23.1 Å². The number of carbonyl (C=O) groups excluding carboxylic acids is 4. The van der Waals surface area contributed by atoms with Gasteiger partial charge >= 0.3 is 6.09 Å². The molecule has 0 fully saturated rings. The van der Waals surface area contributed by atoms with Gasteiger partial charge in [0.25, 0.3) is 11.8 Å². The summed E-state index contributed by atoms with van der Waals surface area (Å²) in [5.41, 5.74) is 5.00. The zero-order valence-electron chi connectivity index (χ0n) is 33.8. The Morgan fingerprint density at radius 3 is 2.15 bits per heavy atom. The average Bonchev–Trinajstić information content (AvgIpc) is 3.62. The lowest BCUT2D eigenvalue weighted by Gasteiger charge is -2.29. The Hall–Kier alpha value is -6.94. The van der Waals surface area contributed by atoms with Crippen LogP contribution in [0.1, 0.15) is 63.5 Å². The van der Waals surface area contributed by atoms with Crippen molar-refractivity contribution in [3.05, 3.63) is 178 Å². The molecular weight excluding hydrogens is 803 g/mol. The number of thioether (sulfide) groups is 1. The zero-order valence-corrected chi connectivity index (χ0v) is 35.4. The number of benzene rings is 5. The fourth-order valence-corrected chi connectivity index (χ4v) is 8.96. The van der Waals surface area contributed by atoms with Crippen molar-refractivity contribution in [1.29, 1.82) is 5.26 Å². The van der Waals surface area contributed by atoms with E-state index >= 15 is 0 Å². The summed E-state index contributed by atoms with van der Waals surface area (Å²) in [4.78, 5) is 57.5. The quantitative estimate of drug-likeness (QED) is 0.0871. The monoisotopic (exact) mass is 845 g/mol. The first kappa shape index (κ1) is 42.2. The maximum Gasteiger partial charge on any atom is 0.410 e. The summed E-state index contributed by atoms with van der Waals surface area (Å²) in [5, 5.41) is 18.7.